The summed E-state index contributed by atoms with van der Waals surface area (Å²) in [6, 6.07) is 4.59. The van der Waals surface area contributed by atoms with Crippen LogP contribution in [0.4, 0.5) is 5.69 Å². The third-order valence-electron chi connectivity index (χ3n) is 2.90. The first-order valence-electron chi connectivity index (χ1n) is 5.87. The number of benzene rings is 1. The zero-order valence-corrected chi connectivity index (χ0v) is 12.9. The van der Waals surface area contributed by atoms with Crippen molar-refractivity contribution < 1.29 is 16.8 Å². The van der Waals surface area contributed by atoms with Crippen LogP contribution in [0.5, 0.6) is 0 Å². The number of nitrogens with two attached hydrogens (primary N) is 1. The topological polar surface area (TPSA) is 94.3 Å². The normalized spacial score (nSPS) is 12.8. The second kappa shape index (κ2) is 5.50. The number of nitrogen functional groups attached to an aromatic ring is 1. The molecule has 108 valence electrons. The van der Waals surface area contributed by atoms with Crippen LogP contribution in [0.1, 0.15) is 19.4 Å². The van der Waals surface area contributed by atoms with E-state index in [2.05, 4.69) is 0 Å². The fourth-order valence-electron chi connectivity index (χ4n) is 1.52. The van der Waals surface area contributed by atoms with Gasteiger partial charge in [0.15, 0.2) is 19.7 Å². The van der Waals surface area contributed by atoms with Gasteiger partial charge < -0.3 is 5.73 Å². The number of sulfone groups is 2. The van der Waals surface area contributed by atoms with Crippen LogP contribution in [0, 0.1) is 6.92 Å². The largest absolute Gasteiger partial charge is 0.399 e. The molecule has 0 aliphatic heterocycles. The van der Waals surface area contributed by atoms with Crippen molar-refractivity contribution in [1.29, 1.82) is 0 Å². The Kier molecular flexibility index (Phi) is 4.63. The zero-order valence-electron chi connectivity index (χ0n) is 11.3. The Balaban J connectivity index is 3.04. The minimum atomic E-state index is -3.64. The maximum Gasteiger partial charge on any atom is 0.179 e. The zero-order chi connectivity index (χ0) is 14.8. The third-order valence-corrected chi connectivity index (χ3v) is 7.22. The molecular formula is C12H19NO4S2. The van der Waals surface area contributed by atoms with Gasteiger partial charge >= 0.3 is 0 Å². The predicted molar refractivity (Wildman–Crippen MR) is 76.6 cm³/mol. The molecule has 0 saturated carbocycles. The molecule has 0 aliphatic carbocycles. The molecule has 1 aromatic rings. The molecule has 1 aromatic carbocycles. The van der Waals surface area contributed by atoms with E-state index >= 15 is 0 Å². The Morgan fingerprint density at radius 3 is 2.21 bits per heavy atom. The summed E-state index contributed by atoms with van der Waals surface area (Å²) in [7, 11) is -7.01. The highest BCUT2D eigenvalue weighted by molar-refractivity contribution is 7.95. The van der Waals surface area contributed by atoms with Gasteiger partial charge in [-0.2, -0.15) is 0 Å². The summed E-state index contributed by atoms with van der Waals surface area (Å²) in [5.74, 6) is -0.793. The second-order valence-corrected chi connectivity index (χ2v) is 9.51. The smallest absolute Gasteiger partial charge is 0.179 e. The molecule has 0 heterocycles. The van der Waals surface area contributed by atoms with Gasteiger partial charge in [-0.3, -0.25) is 0 Å². The number of hydrogen-bond donors (Lipinski definition) is 1. The monoisotopic (exact) mass is 305 g/mol. The summed E-state index contributed by atoms with van der Waals surface area (Å²) in [4.78, 5) is 0.103. The van der Waals surface area contributed by atoms with Crippen LogP contribution in [0.15, 0.2) is 23.1 Å². The molecular weight excluding hydrogens is 286 g/mol. The third kappa shape index (κ3) is 3.94. The van der Waals surface area contributed by atoms with Crippen LogP contribution in [0.2, 0.25) is 0 Å². The summed E-state index contributed by atoms with van der Waals surface area (Å²) < 4.78 is 47.7. The first-order chi connectivity index (χ1) is 8.56. The van der Waals surface area contributed by atoms with Crippen molar-refractivity contribution in [3.05, 3.63) is 23.8 Å². The van der Waals surface area contributed by atoms with E-state index in [4.69, 9.17) is 5.73 Å². The van der Waals surface area contributed by atoms with Crippen molar-refractivity contribution in [2.75, 3.05) is 17.2 Å². The van der Waals surface area contributed by atoms with Gasteiger partial charge in [-0.25, -0.2) is 16.8 Å². The van der Waals surface area contributed by atoms with Crippen LogP contribution in [-0.4, -0.2) is 33.6 Å². The van der Waals surface area contributed by atoms with Gasteiger partial charge in [0.1, 0.15) is 0 Å². The second-order valence-electron chi connectivity index (χ2n) is 4.76. The lowest BCUT2D eigenvalue weighted by Gasteiger charge is -2.10. The van der Waals surface area contributed by atoms with Gasteiger partial charge in [-0.15, -0.1) is 0 Å². The van der Waals surface area contributed by atoms with Gasteiger partial charge in [0.25, 0.3) is 0 Å². The maximum absolute atomic E-state index is 12.2. The van der Waals surface area contributed by atoms with Crippen molar-refractivity contribution in [3.63, 3.8) is 0 Å². The highest BCUT2D eigenvalue weighted by atomic mass is 32.2. The average molecular weight is 305 g/mol. The highest BCUT2D eigenvalue weighted by Crippen LogP contribution is 2.20. The molecule has 0 aliphatic rings. The first-order valence-corrected chi connectivity index (χ1v) is 9.23. The Hall–Kier alpha value is -1.08. The van der Waals surface area contributed by atoms with Crippen LogP contribution in [0.25, 0.3) is 0 Å². The van der Waals surface area contributed by atoms with E-state index in [-0.39, 0.29) is 10.6 Å². The minimum absolute atomic E-state index is 0.103. The van der Waals surface area contributed by atoms with E-state index < -0.39 is 30.7 Å². The van der Waals surface area contributed by atoms with Gasteiger partial charge in [0.05, 0.1) is 21.7 Å². The molecule has 2 N–H and O–H groups in total. The van der Waals surface area contributed by atoms with Gasteiger partial charge in [-0.05, 0) is 38.5 Å². The van der Waals surface area contributed by atoms with Crippen molar-refractivity contribution in [2.45, 2.75) is 30.9 Å². The van der Waals surface area contributed by atoms with Crippen molar-refractivity contribution in [2.24, 2.45) is 0 Å². The van der Waals surface area contributed by atoms with Crippen LogP contribution < -0.4 is 5.73 Å². The Labute approximate surface area is 114 Å². The molecule has 0 aromatic heterocycles. The first kappa shape index (κ1) is 16.0. The molecule has 0 fully saturated rings. The minimum Gasteiger partial charge on any atom is -0.399 e. The van der Waals surface area contributed by atoms with Crippen LogP contribution in [0.3, 0.4) is 0 Å². The standard InChI is InChI=1S/C12H19NO4S2/c1-9(2)18(14,15)6-7-19(16,17)12-8-11(13)5-4-10(12)3/h4-5,8-9H,6-7,13H2,1-3H3. The van der Waals surface area contributed by atoms with Gasteiger partial charge in [0, 0.05) is 5.69 Å². The molecule has 5 nitrogen and oxygen atoms in total. The van der Waals surface area contributed by atoms with E-state index in [9.17, 15) is 16.8 Å². The molecule has 0 atom stereocenters. The SMILES string of the molecule is Cc1ccc(N)cc1S(=O)(=O)CCS(=O)(=O)C(C)C. The fourth-order valence-corrected chi connectivity index (χ4v) is 4.90. The molecule has 0 spiro atoms. The molecule has 19 heavy (non-hydrogen) atoms. The lowest BCUT2D eigenvalue weighted by Crippen LogP contribution is -2.24. The Morgan fingerprint density at radius 1 is 1.11 bits per heavy atom. The van der Waals surface area contributed by atoms with Gasteiger partial charge in [0.2, 0.25) is 0 Å². The van der Waals surface area contributed by atoms with E-state index in [0.29, 0.717) is 11.3 Å². The molecule has 0 bridgehead atoms. The predicted octanol–water partition coefficient (Wildman–Crippen LogP) is 1.17. The molecule has 0 saturated heterocycles. The molecule has 0 unspecified atom stereocenters. The Morgan fingerprint density at radius 2 is 1.68 bits per heavy atom. The number of rotatable bonds is 5. The Bertz CT molecular complexity index is 661. The van der Waals surface area contributed by atoms with Crippen LogP contribution >= 0.6 is 0 Å². The molecule has 7 heteroatoms. The number of anilines is 1. The highest BCUT2D eigenvalue weighted by Gasteiger charge is 2.23. The van der Waals surface area contributed by atoms with E-state index in [0.717, 1.165) is 0 Å². The van der Waals surface area contributed by atoms with Crippen molar-refractivity contribution in [3.8, 4) is 0 Å². The van der Waals surface area contributed by atoms with Gasteiger partial charge in [-0.1, -0.05) is 6.07 Å². The lowest BCUT2D eigenvalue weighted by atomic mass is 10.2. The average Bonchev–Trinajstić information content (AvgIpc) is 2.30. The summed E-state index contributed by atoms with van der Waals surface area (Å²) in [5, 5.41) is -0.579. The van der Waals surface area contributed by atoms with E-state index in [1.165, 1.54) is 19.9 Å². The fraction of sp³-hybridized carbons (Fsp3) is 0.500. The summed E-state index contributed by atoms with van der Waals surface area (Å²) >= 11 is 0. The number of aryl methyl sites for hydroxylation is 1. The van der Waals surface area contributed by atoms with E-state index in [1.54, 1.807) is 19.1 Å². The molecule has 0 amide bonds. The number of hydrogen-bond acceptors (Lipinski definition) is 5. The molecule has 1 rings (SSSR count). The molecule has 0 radical (unpaired) electrons. The van der Waals surface area contributed by atoms with Crippen molar-refractivity contribution in [1.82, 2.24) is 0 Å². The lowest BCUT2D eigenvalue weighted by molar-refractivity contribution is 0.582. The van der Waals surface area contributed by atoms with Crippen LogP contribution in [-0.2, 0) is 19.7 Å². The quantitative estimate of drug-likeness (QED) is 0.824. The van der Waals surface area contributed by atoms with E-state index in [1.807, 2.05) is 0 Å². The summed E-state index contributed by atoms with van der Waals surface area (Å²) in [6.07, 6.45) is 0. The van der Waals surface area contributed by atoms with Crippen molar-refractivity contribution >= 4 is 25.4 Å². The summed E-state index contributed by atoms with van der Waals surface area (Å²) in [6.45, 7) is 4.73. The summed E-state index contributed by atoms with van der Waals surface area (Å²) in [5.41, 5.74) is 6.48. The maximum atomic E-state index is 12.2.